The van der Waals surface area contributed by atoms with Crippen molar-refractivity contribution in [2.75, 3.05) is 0 Å². The van der Waals surface area contributed by atoms with Crippen LogP contribution < -0.4 is 0 Å². The molecular formula is C14H14FNO. The third-order valence-electron chi connectivity index (χ3n) is 2.62. The lowest BCUT2D eigenvalue weighted by Crippen LogP contribution is -2.06. The number of pyridine rings is 1. The summed E-state index contributed by atoms with van der Waals surface area (Å²) in [6.45, 7) is 1.86. The van der Waals surface area contributed by atoms with Crippen LogP contribution >= 0.6 is 0 Å². The van der Waals surface area contributed by atoms with Crippen LogP contribution in [0.25, 0.3) is 0 Å². The Hall–Kier alpha value is -1.74. The molecule has 0 aliphatic carbocycles. The van der Waals surface area contributed by atoms with Crippen molar-refractivity contribution in [3.63, 3.8) is 0 Å². The van der Waals surface area contributed by atoms with Gasteiger partial charge in [0.25, 0.3) is 0 Å². The predicted octanol–water partition coefficient (Wildman–Crippen LogP) is 2.81. The first-order valence-electron chi connectivity index (χ1n) is 5.52. The van der Waals surface area contributed by atoms with Gasteiger partial charge in [-0.3, -0.25) is 4.98 Å². The quantitative estimate of drug-likeness (QED) is 0.881. The van der Waals surface area contributed by atoms with Crippen molar-refractivity contribution in [1.29, 1.82) is 0 Å². The molecule has 0 saturated carbocycles. The molecular weight excluding hydrogens is 217 g/mol. The fourth-order valence-corrected chi connectivity index (χ4v) is 1.73. The normalized spacial score (nSPS) is 12.4. The minimum Gasteiger partial charge on any atom is -0.386 e. The van der Waals surface area contributed by atoms with Gasteiger partial charge in [-0.2, -0.15) is 0 Å². The van der Waals surface area contributed by atoms with Gasteiger partial charge in [-0.25, -0.2) is 4.39 Å². The molecule has 0 radical (unpaired) electrons. The molecule has 1 N–H and O–H groups in total. The molecule has 1 unspecified atom stereocenters. The van der Waals surface area contributed by atoms with Crippen molar-refractivity contribution >= 4 is 0 Å². The first kappa shape index (κ1) is 11.7. The number of aliphatic hydroxyl groups excluding tert-OH is 1. The SMILES string of the molecule is Cc1cccc(C(O)Cc2ccccc2F)n1. The molecule has 1 aromatic carbocycles. The van der Waals surface area contributed by atoms with Gasteiger partial charge < -0.3 is 5.11 Å². The molecule has 2 nitrogen and oxygen atoms in total. The third kappa shape index (κ3) is 2.88. The second kappa shape index (κ2) is 5.06. The monoisotopic (exact) mass is 231 g/mol. The van der Waals surface area contributed by atoms with Crippen LogP contribution in [0.15, 0.2) is 42.5 Å². The summed E-state index contributed by atoms with van der Waals surface area (Å²) >= 11 is 0. The summed E-state index contributed by atoms with van der Waals surface area (Å²) in [4.78, 5) is 4.23. The maximum absolute atomic E-state index is 13.4. The van der Waals surface area contributed by atoms with Gasteiger partial charge in [-0.15, -0.1) is 0 Å². The highest BCUT2D eigenvalue weighted by Crippen LogP contribution is 2.18. The van der Waals surface area contributed by atoms with E-state index in [1.165, 1.54) is 6.07 Å². The van der Waals surface area contributed by atoms with E-state index in [0.29, 0.717) is 11.3 Å². The van der Waals surface area contributed by atoms with E-state index in [2.05, 4.69) is 4.98 Å². The van der Waals surface area contributed by atoms with E-state index in [-0.39, 0.29) is 12.2 Å². The summed E-state index contributed by atoms with van der Waals surface area (Å²) in [5.74, 6) is -0.292. The van der Waals surface area contributed by atoms with E-state index in [9.17, 15) is 9.50 Å². The zero-order chi connectivity index (χ0) is 12.3. The molecule has 0 aliphatic rings. The number of aromatic nitrogens is 1. The molecule has 0 spiro atoms. The predicted molar refractivity (Wildman–Crippen MR) is 64.0 cm³/mol. The molecule has 0 amide bonds. The number of nitrogens with zero attached hydrogens (tertiary/aromatic N) is 1. The Bertz CT molecular complexity index is 513. The van der Waals surface area contributed by atoms with Gasteiger partial charge >= 0.3 is 0 Å². The second-order valence-corrected chi connectivity index (χ2v) is 4.02. The van der Waals surface area contributed by atoms with Crippen LogP contribution in [0.5, 0.6) is 0 Å². The Morgan fingerprint density at radius 3 is 2.65 bits per heavy atom. The highest BCUT2D eigenvalue weighted by atomic mass is 19.1. The lowest BCUT2D eigenvalue weighted by Gasteiger charge is -2.11. The maximum Gasteiger partial charge on any atom is 0.126 e. The van der Waals surface area contributed by atoms with Crippen molar-refractivity contribution in [2.45, 2.75) is 19.4 Å². The maximum atomic E-state index is 13.4. The van der Waals surface area contributed by atoms with Gasteiger partial charge in [-0.05, 0) is 30.7 Å². The van der Waals surface area contributed by atoms with Gasteiger partial charge in [0.1, 0.15) is 11.9 Å². The number of halogens is 1. The second-order valence-electron chi connectivity index (χ2n) is 4.02. The van der Waals surface area contributed by atoms with Crippen LogP contribution in [0.4, 0.5) is 4.39 Å². The Morgan fingerprint density at radius 1 is 1.18 bits per heavy atom. The third-order valence-corrected chi connectivity index (χ3v) is 2.62. The Morgan fingerprint density at radius 2 is 1.94 bits per heavy atom. The lowest BCUT2D eigenvalue weighted by molar-refractivity contribution is 0.172. The highest BCUT2D eigenvalue weighted by Gasteiger charge is 2.12. The van der Waals surface area contributed by atoms with Gasteiger partial charge in [-0.1, -0.05) is 24.3 Å². The summed E-state index contributed by atoms with van der Waals surface area (Å²) in [5.41, 5.74) is 1.92. The van der Waals surface area contributed by atoms with Crippen molar-refractivity contribution in [3.8, 4) is 0 Å². The summed E-state index contributed by atoms with van der Waals surface area (Å²) in [6.07, 6.45) is -0.532. The summed E-state index contributed by atoms with van der Waals surface area (Å²) < 4.78 is 13.4. The first-order chi connectivity index (χ1) is 8.16. The average Bonchev–Trinajstić information content (AvgIpc) is 2.32. The van der Waals surface area contributed by atoms with E-state index < -0.39 is 6.10 Å². The smallest absolute Gasteiger partial charge is 0.126 e. The van der Waals surface area contributed by atoms with Gasteiger partial charge in [0.2, 0.25) is 0 Å². The van der Waals surface area contributed by atoms with Crippen LogP contribution in [-0.4, -0.2) is 10.1 Å². The van der Waals surface area contributed by atoms with Crippen molar-refractivity contribution in [3.05, 3.63) is 65.2 Å². The Balaban J connectivity index is 2.17. The molecule has 0 fully saturated rings. The first-order valence-corrected chi connectivity index (χ1v) is 5.52. The summed E-state index contributed by atoms with van der Waals surface area (Å²) in [6, 6.07) is 11.9. The fraction of sp³-hybridized carbons (Fsp3) is 0.214. The molecule has 0 saturated heterocycles. The fourth-order valence-electron chi connectivity index (χ4n) is 1.73. The molecule has 3 heteroatoms. The Kier molecular flexibility index (Phi) is 3.49. The largest absolute Gasteiger partial charge is 0.386 e. The van der Waals surface area contributed by atoms with Crippen LogP contribution in [0.2, 0.25) is 0 Å². The molecule has 2 aromatic rings. The molecule has 1 heterocycles. The number of hydrogen-bond acceptors (Lipinski definition) is 2. The van der Waals surface area contributed by atoms with E-state index in [1.807, 2.05) is 19.1 Å². The molecule has 17 heavy (non-hydrogen) atoms. The van der Waals surface area contributed by atoms with Crippen molar-refractivity contribution < 1.29 is 9.50 Å². The van der Waals surface area contributed by atoms with E-state index >= 15 is 0 Å². The molecule has 0 aliphatic heterocycles. The van der Waals surface area contributed by atoms with Crippen LogP contribution in [0, 0.1) is 12.7 Å². The number of aryl methyl sites for hydroxylation is 1. The standard InChI is InChI=1S/C14H14FNO/c1-10-5-4-8-13(16-10)14(17)9-11-6-2-3-7-12(11)15/h2-8,14,17H,9H2,1H3. The molecule has 1 aromatic heterocycles. The van der Waals surface area contributed by atoms with Gasteiger partial charge in [0.15, 0.2) is 0 Å². The lowest BCUT2D eigenvalue weighted by atomic mass is 10.0. The number of rotatable bonds is 3. The van der Waals surface area contributed by atoms with Gasteiger partial charge in [0, 0.05) is 12.1 Å². The van der Waals surface area contributed by atoms with Gasteiger partial charge in [0.05, 0.1) is 5.69 Å². The molecule has 0 bridgehead atoms. The number of benzene rings is 1. The summed E-state index contributed by atoms with van der Waals surface area (Å²) in [5, 5.41) is 9.99. The average molecular weight is 231 g/mol. The van der Waals surface area contributed by atoms with E-state index in [4.69, 9.17) is 0 Å². The van der Waals surface area contributed by atoms with Crippen LogP contribution in [-0.2, 0) is 6.42 Å². The minimum absolute atomic E-state index is 0.239. The van der Waals surface area contributed by atoms with Crippen LogP contribution in [0.1, 0.15) is 23.1 Å². The molecule has 88 valence electrons. The zero-order valence-corrected chi connectivity index (χ0v) is 9.60. The number of aliphatic hydroxyl groups is 1. The van der Waals surface area contributed by atoms with Crippen LogP contribution in [0.3, 0.4) is 0 Å². The number of hydrogen-bond donors (Lipinski definition) is 1. The van der Waals surface area contributed by atoms with Crippen molar-refractivity contribution in [1.82, 2.24) is 4.98 Å². The van der Waals surface area contributed by atoms with E-state index in [0.717, 1.165) is 5.69 Å². The molecule has 1 atom stereocenters. The summed E-state index contributed by atoms with van der Waals surface area (Å²) in [7, 11) is 0. The molecule has 2 rings (SSSR count). The zero-order valence-electron chi connectivity index (χ0n) is 9.60. The topological polar surface area (TPSA) is 33.1 Å². The highest BCUT2D eigenvalue weighted by molar-refractivity contribution is 5.21. The van der Waals surface area contributed by atoms with Crippen molar-refractivity contribution in [2.24, 2.45) is 0 Å². The Labute approximate surface area is 99.8 Å². The minimum atomic E-state index is -0.771. The van der Waals surface area contributed by atoms with E-state index in [1.54, 1.807) is 24.3 Å².